The molecule has 2 aromatic carbocycles. The first-order chi connectivity index (χ1) is 16.0. The van der Waals surface area contributed by atoms with Gasteiger partial charge in [0.25, 0.3) is 0 Å². The molecule has 0 radical (unpaired) electrons. The van der Waals surface area contributed by atoms with E-state index in [9.17, 15) is 9.59 Å². The second kappa shape index (κ2) is 8.28. The Labute approximate surface area is 192 Å². The van der Waals surface area contributed by atoms with Gasteiger partial charge in [-0.15, -0.1) is 0 Å². The quantitative estimate of drug-likeness (QED) is 0.486. The van der Waals surface area contributed by atoms with Gasteiger partial charge in [-0.2, -0.15) is 0 Å². The molecule has 1 atom stereocenters. The molecule has 174 valence electrons. The third-order valence-corrected chi connectivity index (χ3v) is 7.08. The van der Waals surface area contributed by atoms with E-state index in [4.69, 9.17) is 23.7 Å². The number of carbonyl (C=O) groups is 2. The van der Waals surface area contributed by atoms with Gasteiger partial charge < -0.3 is 23.7 Å². The van der Waals surface area contributed by atoms with Crippen molar-refractivity contribution in [3.8, 4) is 28.7 Å². The lowest BCUT2D eigenvalue weighted by Crippen LogP contribution is -2.44. The number of fused-ring (bicyclic) bond motifs is 3. The van der Waals surface area contributed by atoms with Gasteiger partial charge in [0.1, 0.15) is 22.8 Å². The lowest BCUT2D eigenvalue weighted by atomic mass is 9.76. The standard InChI is InChI=1S/C26H28O7/c1-29-20-13-22(31-3)21(30-2)11-16(20)17-12-23(28)32-19-8-7-15-18(27)14-26(9-5-4-6-10-26)33-25(15)24(17)19/h7-8,11,13,17H,4-6,9-10,12,14H2,1-3H3/t17-/m0/s1. The summed E-state index contributed by atoms with van der Waals surface area (Å²) >= 11 is 0. The molecule has 1 aliphatic carbocycles. The molecule has 3 aliphatic rings. The largest absolute Gasteiger partial charge is 0.496 e. The zero-order valence-corrected chi connectivity index (χ0v) is 19.2. The summed E-state index contributed by atoms with van der Waals surface area (Å²) in [6, 6.07) is 6.99. The van der Waals surface area contributed by atoms with E-state index in [2.05, 4.69) is 0 Å². The van der Waals surface area contributed by atoms with Gasteiger partial charge in [-0.3, -0.25) is 9.59 Å². The lowest BCUT2D eigenvalue weighted by molar-refractivity contribution is -0.135. The topological polar surface area (TPSA) is 80.3 Å². The van der Waals surface area contributed by atoms with Gasteiger partial charge in [0, 0.05) is 23.1 Å². The van der Waals surface area contributed by atoms with E-state index in [-0.39, 0.29) is 18.2 Å². The summed E-state index contributed by atoms with van der Waals surface area (Å²) < 4.78 is 28.9. The lowest BCUT2D eigenvalue weighted by Gasteiger charge is -2.42. The van der Waals surface area contributed by atoms with E-state index >= 15 is 0 Å². The van der Waals surface area contributed by atoms with E-state index in [1.807, 2.05) is 6.07 Å². The smallest absolute Gasteiger partial charge is 0.312 e. The van der Waals surface area contributed by atoms with Gasteiger partial charge in [0.2, 0.25) is 0 Å². The van der Waals surface area contributed by atoms with Crippen LogP contribution in [0.1, 0.15) is 72.3 Å². The Bertz CT molecular complexity index is 1110. The second-order valence-corrected chi connectivity index (χ2v) is 8.98. The van der Waals surface area contributed by atoms with Crippen molar-refractivity contribution in [1.82, 2.24) is 0 Å². The Hall–Kier alpha value is -3.22. The zero-order valence-electron chi connectivity index (χ0n) is 19.2. The predicted octanol–water partition coefficient (Wildman–Crippen LogP) is 4.82. The van der Waals surface area contributed by atoms with E-state index in [1.54, 1.807) is 39.5 Å². The first kappa shape index (κ1) is 21.6. The van der Waals surface area contributed by atoms with Crippen LogP contribution in [0.4, 0.5) is 0 Å². The minimum absolute atomic E-state index is 0.0795. The van der Waals surface area contributed by atoms with Crippen LogP contribution >= 0.6 is 0 Å². The highest BCUT2D eigenvalue weighted by atomic mass is 16.5. The van der Waals surface area contributed by atoms with Crippen LogP contribution in [0.15, 0.2) is 24.3 Å². The molecule has 0 saturated heterocycles. The van der Waals surface area contributed by atoms with Crippen LogP contribution in [-0.4, -0.2) is 38.7 Å². The van der Waals surface area contributed by atoms with E-state index in [0.717, 1.165) is 43.2 Å². The van der Waals surface area contributed by atoms with Crippen molar-refractivity contribution < 1.29 is 33.3 Å². The maximum Gasteiger partial charge on any atom is 0.312 e. The number of hydrogen-bond donors (Lipinski definition) is 0. The highest BCUT2D eigenvalue weighted by molar-refractivity contribution is 6.01. The Morgan fingerprint density at radius 1 is 0.909 bits per heavy atom. The second-order valence-electron chi connectivity index (χ2n) is 8.98. The third-order valence-electron chi connectivity index (χ3n) is 7.08. The number of hydrogen-bond acceptors (Lipinski definition) is 7. The number of esters is 1. The first-order valence-electron chi connectivity index (χ1n) is 11.4. The van der Waals surface area contributed by atoms with Gasteiger partial charge in [0.15, 0.2) is 17.3 Å². The van der Waals surface area contributed by atoms with Crippen LogP contribution in [0.5, 0.6) is 28.7 Å². The number of ketones is 1. The molecule has 2 aromatic rings. The van der Waals surface area contributed by atoms with Gasteiger partial charge in [-0.25, -0.2) is 0 Å². The molecule has 2 aliphatic heterocycles. The zero-order chi connectivity index (χ0) is 23.2. The molecular weight excluding hydrogens is 424 g/mol. The maximum absolute atomic E-state index is 13.2. The number of methoxy groups -OCH3 is 3. The van der Waals surface area contributed by atoms with Crippen molar-refractivity contribution in [3.63, 3.8) is 0 Å². The fraction of sp³-hybridized carbons (Fsp3) is 0.462. The van der Waals surface area contributed by atoms with Gasteiger partial charge in [-0.1, -0.05) is 6.42 Å². The molecule has 1 saturated carbocycles. The monoisotopic (exact) mass is 452 g/mol. The van der Waals surface area contributed by atoms with Crippen molar-refractivity contribution in [2.75, 3.05) is 21.3 Å². The van der Waals surface area contributed by atoms with E-state index < -0.39 is 11.5 Å². The number of carbonyl (C=O) groups excluding carboxylic acids is 2. The summed E-state index contributed by atoms with van der Waals surface area (Å²) in [6.45, 7) is 0. The van der Waals surface area contributed by atoms with Crippen molar-refractivity contribution >= 4 is 11.8 Å². The molecular formula is C26H28O7. The third kappa shape index (κ3) is 3.59. The molecule has 2 heterocycles. The van der Waals surface area contributed by atoms with Crippen molar-refractivity contribution in [1.29, 1.82) is 0 Å². The fourth-order valence-electron chi connectivity index (χ4n) is 5.47. The van der Waals surface area contributed by atoms with Gasteiger partial charge in [-0.05, 0) is 43.9 Å². The molecule has 1 fully saturated rings. The Balaban J connectivity index is 1.70. The number of ether oxygens (including phenoxy) is 5. The summed E-state index contributed by atoms with van der Waals surface area (Å²) in [4.78, 5) is 25.8. The maximum atomic E-state index is 13.2. The molecule has 0 bridgehead atoms. The summed E-state index contributed by atoms with van der Waals surface area (Å²) in [6.07, 6.45) is 5.43. The Morgan fingerprint density at radius 3 is 2.30 bits per heavy atom. The van der Waals surface area contributed by atoms with Crippen LogP contribution in [0.2, 0.25) is 0 Å². The fourth-order valence-corrected chi connectivity index (χ4v) is 5.47. The molecule has 0 amide bonds. The minimum Gasteiger partial charge on any atom is -0.496 e. The summed E-state index contributed by atoms with van der Waals surface area (Å²) in [5.74, 6) is 1.89. The normalized spacial score (nSPS) is 20.9. The van der Waals surface area contributed by atoms with Crippen LogP contribution < -0.4 is 23.7 Å². The molecule has 0 unspecified atom stereocenters. The van der Waals surface area contributed by atoms with Crippen LogP contribution in [0.25, 0.3) is 0 Å². The van der Waals surface area contributed by atoms with Crippen LogP contribution in [0, 0.1) is 0 Å². The summed E-state index contributed by atoms with van der Waals surface area (Å²) in [5, 5.41) is 0. The highest BCUT2D eigenvalue weighted by Crippen LogP contribution is 2.53. The highest BCUT2D eigenvalue weighted by Gasteiger charge is 2.45. The predicted molar refractivity (Wildman–Crippen MR) is 120 cm³/mol. The average Bonchev–Trinajstić information content (AvgIpc) is 2.82. The molecule has 1 spiro atoms. The van der Waals surface area contributed by atoms with Crippen LogP contribution in [-0.2, 0) is 4.79 Å². The number of Topliss-reactive ketones (excluding diaryl/α,β-unsaturated/α-hetero) is 1. The molecule has 0 aromatic heterocycles. The Kier molecular flexibility index (Phi) is 5.43. The number of benzene rings is 2. The number of rotatable bonds is 4. The molecule has 7 heteroatoms. The summed E-state index contributed by atoms with van der Waals surface area (Å²) in [7, 11) is 4.70. The average molecular weight is 453 g/mol. The van der Waals surface area contributed by atoms with E-state index in [1.165, 1.54) is 0 Å². The van der Waals surface area contributed by atoms with Crippen molar-refractivity contribution in [2.45, 2.75) is 56.5 Å². The molecule has 33 heavy (non-hydrogen) atoms. The van der Waals surface area contributed by atoms with E-state index in [0.29, 0.717) is 40.7 Å². The van der Waals surface area contributed by atoms with Crippen molar-refractivity contribution in [2.24, 2.45) is 0 Å². The van der Waals surface area contributed by atoms with Crippen LogP contribution in [0.3, 0.4) is 0 Å². The van der Waals surface area contributed by atoms with Crippen molar-refractivity contribution in [3.05, 3.63) is 41.0 Å². The minimum atomic E-state index is -0.481. The van der Waals surface area contributed by atoms with Gasteiger partial charge in [0.05, 0.1) is 39.7 Å². The molecule has 0 N–H and O–H groups in total. The first-order valence-corrected chi connectivity index (χ1v) is 11.4. The molecule has 7 nitrogen and oxygen atoms in total. The molecule has 5 rings (SSSR count). The van der Waals surface area contributed by atoms with Gasteiger partial charge >= 0.3 is 5.97 Å². The SMILES string of the molecule is COc1cc(OC)c([C@@H]2CC(=O)Oc3ccc4c(c32)OC2(CCCCC2)CC4=O)cc1OC. The Morgan fingerprint density at radius 2 is 1.61 bits per heavy atom. The summed E-state index contributed by atoms with van der Waals surface area (Å²) in [5.41, 5.74) is 1.54.